The third-order valence-electron chi connectivity index (χ3n) is 3.23. The van der Waals surface area contributed by atoms with E-state index in [2.05, 4.69) is 35.2 Å². The number of aliphatic hydroxyl groups is 2. The molecule has 156 valence electrons. The summed E-state index contributed by atoms with van der Waals surface area (Å²) in [6.45, 7) is 14.3. The number of aromatic nitrogens is 6. The average Bonchev–Trinajstić information content (AvgIpc) is 3.54. The van der Waals surface area contributed by atoms with Gasteiger partial charge >= 0.3 is 43.7 Å². The molecule has 3 aromatic heterocycles. The first-order valence-electron chi connectivity index (χ1n) is 8.27. The smallest absolute Gasteiger partial charge is 0.425 e. The number of hydrogen-bond acceptors (Lipinski definition) is 5. The van der Waals surface area contributed by atoms with Gasteiger partial charge in [-0.2, -0.15) is 0 Å². The largest absolute Gasteiger partial charge is 2.00 e. The summed E-state index contributed by atoms with van der Waals surface area (Å²) in [6.07, 6.45) is 12.5. The van der Waals surface area contributed by atoms with Crippen LogP contribution in [0.2, 0.25) is 0 Å². The Morgan fingerprint density at radius 2 is 1.37 bits per heavy atom. The molecule has 0 fully saturated rings. The molecule has 0 aromatic carbocycles. The molecule has 3 aromatic rings. The van der Waals surface area contributed by atoms with E-state index in [1.54, 1.807) is 38.8 Å². The molecule has 1 atom stereocenters. The summed E-state index contributed by atoms with van der Waals surface area (Å²) in [7, 11) is -0.194. The summed E-state index contributed by atoms with van der Waals surface area (Å²) in [5.74, 6) is 0. The van der Waals surface area contributed by atoms with Crippen molar-refractivity contribution in [2.24, 2.45) is 0 Å². The predicted molar refractivity (Wildman–Crippen MR) is 103 cm³/mol. The van der Waals surface area contributed by atoms with Crippen molar-refractivity contribution in [3.63, 3.8) is 0 Å². The van der Waals surface area contributed by atoms with Crippen molar-refractivity contribution in [3.8, 4) is 0 Å². The molecule has 3 heterocycles. The molecule has 0 amide bonds. The van der Waals surface area contributed by atoms with Crippen molar-refractivity contribution in [2.45, 2.75) is 19.4 Å². The fourth-order valence-corrected chi connectivity index (χ4v) is 2.03. The summed E-state index contributed by atoms with van der Waals surface area (Å²) in [6, 6.07) is 5.62. The standard InChI is InChI=1S/C9H9BN6.C7H13O2.2CO.Mo/c1-4-11-14(7-1)10(15-8-2-5-12-15)16-9-3-6-13-16;1-6(2)3-4-7(9)5-8;2*1-2;/h1-9H;3,7-9H,1,4-5H2,2H3;;;/q-1;;;;+2/t;7-;;;/m.1.../s1. The van der Waals surface area contributed by atoms with Crippen molar-refractivity contribution < 1.29 is 40.6 Å². The minimum atomic E-state index is -0.623. The Kier molecular flexibility index (Phi) is 18.4. The van der Waals surface area contributed by atoms with Crippen LogP contribution in [0.3, 0.4) is 0 Å². The van der Waals surface area contributed by atoms with Crippen molar-refractivity contribution in [3.05, 3.63) is 87.3 Å². The van der Waals surface area contributed by atoms with Crippen LogP contribution < -0.4 is 0 Å². The van der Waals surface area contributed by atoms with Crippen LogP contribution in [0.4, 0.5) is 0 Å². The molecule has 10 nitrogen and oxygen atoms in total. The van der Waals surface area contributed by atoms with Crippen LogP contribution in [0.15, 0.2) is 67.5 Å². The van der Waals surface area contributed by atoms with E-state index in [1.807, 2.05) is 43.7 Å². The van der Waals surface area contributed by atoms with Gasteiger partial charge in [-0.05, 0) is 56.6 Å². The second kappa shape index (κ2) is 18.5. The molecule has 30 heavy (non-hydrogen) atoms. The Hall–Kier alpha value is -2.48. The van der Waals surface area contributed by atoms with Gasteiger partial charge in [0.2, 0.25) is 0 Å². The zero-order valence-corrected chi connectivity index (χ0v) is 18.4. The van der Waals surface area contributed by atoms with E-state index >= 15 is 0 Å². The van der Waals surface area contributed by atoms with E-state index in [0.717, 1.165) is 5.57 Å². The Morgan fingerprint density at radius 1 is 1.00 bits per heavy atom. The Balaban J connectivity index is 0. The normalized spacial score (nSPS) is 10.0. The molecule has 0 saturated carbocycles. The molecule has 0 bridgehead atoms. The van der Waals surface area contributed by atoms with Crippen molar-refractivity contribution in [1.82, 2.24) is 29.1 Å². The molecule has 0 aliphatic heterocycles. The van der Waals surface area contributed by atoms with E-state index in [9.17, 15) is 0 Å². The maximum absolute atomic E-state index is 8.78. The fraction of sp³-hybridized carbons (Fsp3) is 0.222. The quantitative estimate of drug-likeness (QED) is 0.283. The second-order valence-corrected chi connectivity index (χ2v) is 5.43. The zero-order valence-electron chi connectivity index (χ0n) is 16.4. The van der Waals surface area contributed by atoms with E-state index < -0.39 is 6.10 Å². The summed E-state index contributed by atoms with van der Waals surface area (Å²) in [4.78, 5) is 0. The Labute approximate surface area is 190 Å². The molecular weight excluding hydrogens is 471 g/mol. The molecule has 12 heteroatoms. The van der Waals surface area contributed by atoms with E-state index in [4.69, 9.17) is 19.5 Å². The van der Waals surface area contributed by atoms with Gasteiger partial charge in [0.05, 0.1) is 12.7 Å². The summed E-state index contributed by atoms with van der Waals surface area (Å²) >= 11 is 0. The molecule has 2 N–H and O–H groups in total. The third kappa shape index (κ3) is 10.9. The van der Waals surface area contributed by atoms with Crippen molar-refractivity contribution in [2.75, 3.05) is 6.61 Å². The van der Waals surface area contributed by atoms with Crippen LogP contribution >= 0.6 is 0 Å². The number of hydrogen-bond donors (Lipinski definition) is 2. The van der Waals surface area contributed by atoms with Gasteiger partial charge in [0.15, 0.2) is 0 Å². The Bertz CT molecular complexity index is 719. The van der Waals surface area contributed by atoms with Gasteiger partial charge in [0.25, 0.3) is 7.12 Å². The van der Waals surface area contributed by atoms with E-state index in [1.165, 1.54) is 0 Å². The average molecular weight is 493 g/mol. The summed E-state index contributed by atoms with van der Waals surface area (Å²) in [5, 5.41) is 29.8. The number of rotatable bonds is 7. The van der Waals surface area contributed by atoms with Gasteiger partial charge in [0, 0.05) is 18.6 Å². The molecule has 0 aliphatic carbocycles. The second-order valence-electron chi connectivity index (χ2n) is 5.43. The molecule has 2 radical (unpaired) electrons. The minimum absolute atomic E-state index is 0. The monoisotopic (exact) mass is 495 g/mol. The minimum Gasteiger partial charge on any atom is -0.425 e. The van der Waals surface area contributed by atoms with Gasteiger partial charge in [0.1, 0.15) is 0 Å². The predicted octanol–water partition coefficient (Wildman–Crippen LogP) is 0.638. The molecular formula is C18H22BMoN6O4+. The fourth-order valence-electron chi connectivity index (χ4n) is 2.03. The SMILES string of the molecule is C=C(C)[CH]C[C@@H](O)CO.[C-]#[O+].[C-]#[O+].[Mo+2].c1cnn([B-](n2cccn2)n2cccn2)c1. The molecule has 0 spiro atoms. The molecule has 0 aliphatic rings. The first-order chi connectivity index (χ1) is 14.1. The first kappa shape index (κ1) is 29.7. The maximum atomic E-state index is 8.78. The van der Waals surface area contributed by atoms with Gasteiger partial charge in [-0.3, -0.25) is 0 Å². The number of allylic oxidation sites excluding steroid dienone is 1. The number of aliphatic hydroxyl groups excluding tert-OH is 2. The Morgan fingerprint density at radius 3 is 1.60 bits per heavy atom. The third-order valence-corrected chi connectivity index (χ3v) is 3.23. The van der Waals surface area contributed by atoms with Gasteiger partial charge in [-0.1, -0.05) is 12.2 Å². The summed E-state index contributed by atoms with van der Waals surface area (Å²) < 4.78 is 20.4. The van der Waals surface area contributed by atoms with Crippen LogP contribution in [-0.4, -0.2) is 59.1 Å². The van der Waals surface area contributed by atoms with Crippen LogP contribution in [-0.2, 0) is 30.4 Å². The zero-order chi connectivity index (χ0) is 22.1. The molecule has 3 rings (SSSR count). The molecule has 0 saturated heterocycles. The van der Waals surface area contributed by atoms with Crippen LogP contribution in [0.25, 0.3) is 0 Å². The maximum Gasteiger partial charge on any atom is 2.00 e. The van der Waals surface area contributed by atoms with Crippen molar-refractivity contribution >= 4 is 7.12 Å². The van der Waals surface area contributed by atoms with Crippen LogP contribution in [0.1, 0.15) is 13.3 Å². The summed E-state index contributed by atoms with van der Waals surface area (Å²) in [5.41, 5.74) is 0.919. The van der Waals surface area contributed by atoms with Crippen LogP contribution in [0.5, 0.6) is 0 Å². The van der Waals surface area contributed by atoms with Crippen molar-refractivity contribution in [1.29, 1.82) is 0 Å². The molecule has 0 unspecified atom stereocenters. The number of nitrogens with zero attached hydrogens (tertiary/aromatic N) is 6. The topological polar surface area (TPSA) is 134 Å². The van der Waals surface area contributed by atoms with E-state index in [-0.39, 0.29) is 34.8 Å². The van der Waals surface area contributed by atoms with E-state index in [0.29, 0.717) is 6.42 Å². The van der Waals surface area contributed by atoms with Gasteiger partial charge < -0.3 is 24.0 Å². The van der Waals surface area contributed by atoms with Gasteiger partial charge in [-0.15, -0.1) is 0 Å². The van der Waals surface area contributed by atoms with Gasteiger partial charge in [-0.25, -0.2) is 15.3 Å². The first-order valence-corrected chi connectivity index (χ1v) is 8.27. The van der Waals surface area contributed by atoms with Crippen LogP contribution in [0, 0.1) is 19.7 Å².